The third-order valence-corrected chi connectivity index (χ3v) is 6.52. The second kappa shape index (κ2) is 9.07. The van der Waals surface area contributed by atoms with Gasteiger partial charge in [-0.2, -0.15) is 5.26 Å². The molecule has 2 atom stereocenters. The van der Waals surface area contributed by atoms with E-state index >= 15 is 0 Å². The maximum atomic E-state index is 13.0. The number of amides is 2. The fourth-order valence-electron chi connectivity index (χ4n) is 5.13. The third-order valence-electron chi connectivity index (χ3n) is 6.52. The highest BCUT2D eigenvalue weighted by molar-refractivity contribution is 5.89. The van der Waals surface area contributed by atoms with E-state index in [0.29, 0.717) is 36.4 Å². The molecule has 36 heavy (non-hydrogen) atoms. The number of benzene rings is 2. The first kappa shape index (κ1) is 23.5. The van der Waals surface area contributed by atoms with Gasteiger partial charge < -0.3 is 19.5 Å². The van der Waals surface area contributed by atoms with Crippen molar-refractivity contribution in [1.29, 1.82) is 5.26 Å². The Morgan fingerprint density at radius 1 is 1.06 bits per heavy atom. The number of fused-ring (bicyclic) bond motifs is 4. The maximum absolute atomic E-state index is 13.0. The number of pyridine rings is 1. The molecule has 3 heterocycles. The number of carbonyl (C=O) groups excluding carboxylic acids is 1. The predicted molar refractivity (Wildman–Crippen MR) is 125 cm³/mol. The number of nitriles is 1. The van der Waals surface area contributed by atoms with E-state index in [1.807, 2.05) is 6.07 Å². The van der Waals surface area contributed by atoms with Crippen molar-refractivity contribution in [3.8, 4) is 22.9 Å². The molecule has 0 spiro atoms. The molecular weight excluding hydrogens is 473 g/mol. The molecule has 10 heteroatoms. The number of rotatable bonds is 3. The van der Waals surface area contributed by atoms with Crippen molar-refractivity contribution < 1.29 is 22.7 Å². The van der Waals surface area contributed by atoms with Gasteiger partial charge >= 0.3 is 12.4 Å². The number of nitrogens with one attached hydrogen (secondary N) is 1. The fraction of sp³-hybridized carbons (Fsp3) is 0.269. The Bertz CT molecular complexity index is 1410. The summed E-state index contributed by atoms with van der Waals surface area (Å²) in [5.41, 5.74) is 2.97. The van der Waals surface area contributed by atoms with Crippen molar-refractivity contribution in [3.05, 3.63) is 82.3 Å². The average Bonchev–Trinajstić information content (AvgIpc) is 2.84. The summed E-state index contributed by atoms with van der Waals surface area (Å²) in [4.78, 5) is 27.5. The van der Waals surface area contributed by atoms with Crippen LogP contribution in [0.1, 0.15) is 23.6 Å². The van der Waals surface area contributed by atoms with Crippen LogP contribution in [-0.2, 0) is 6.54 Å². The van der Waals surface area contributed by atoms with Crippen LogP contribution >= 0.6 is 0 Å². The first-order chi connectivity index (χ1) is 17.2. The molecular formula is C26H21F3N4O3. The van der Waals surface area contributed by atoms with Crippen LogP contribution < -0.4 is 15.6 Å². The number of hydrogen-bond donors (Lipinski definition) is 1. The van der Waals surface area contributed by atoms with E-state index in [9.17, 15) is 22.8 Å². The van der Waals surface area contributed by atoms with Gasteiger partial charge in [0.15, 0.2) is 0 Å². The number of urea groups is 1. The Morgan fingerprint density at radius 2 is 1.83 bits per heavy atom. The average molecular weight is 494 g/mol. The summed E-state index contributed by atoms with van der Waals surface area (Å²) in [7, 11) is 0. The van der Waals surface area contributed by atoms with E-state index in [2.05, 4.69) is 10.1 Å². The van der Waals surface area contributed by atoms with Crippen LogP contribution in [0.3, 0.4) is 0 Å². The summed E-state index contributed by atoms with van der Waals surface area (Å²) in [5.74, 6) is -0.360. The van der Waals surface area contributed by atoms with Gasteiger partial charge in [-0.25, -0.2) is 4.79 Å². The van der Waals surface area contributed by atoms with Crippen molar-refractivity contribution in [2.24, 2.45) is 5.92 Å². The lowest BCUT2D eigenvalue weighted by molar-refractivity contribution is -0.274. The first-order valence-electron chi connectivity index (χ1n) is 11.4. The Kier molecular flexibility index (Phi) is 5.92. The minimum Gasteiger partial charge on any atom is -0.406 e. The lowest BCUT2D eigenvalue weighted by Crippen LogP contribution is -2.50. The predicted octanol–water partition coefficient (Wildman–Crippen LogP) is 4.94. The third kappa shape index (κ3) is 4.77. The second-order valence-corrected chi connectivity index (χ2v) is 8.98. The summed E-state index contributed by atoms with van der Waals surface area (Å²) in [6, 6.07) is 17.1. The molecule has 0 aliphatic carbocycles. The highest BCUT2D eigenvalue weighted by Gasteiger charge is 2.38. The number of carbonyl (C=O) groups is 1. The molecule has 1 N–H and O–H groups in total. The Hall–Kier alpha value is -4.26. The molecule has 184 valence electrons. The smallest absolute Gasteiger partial charge is 0.406 e. The monoisotopic (exact) mass is 494 g/mol. The van der Waals surface area contributed by atoms with Gasteiger partial charge in [0.2, 0.25) is 0 Å². The number of anilines is 1. The first-order valence-corrected chi connectivity index (χ1v) is 11.4. The Labute approximate surface area is 204 Å². The van der Waals surface area contributed by atoms with Gasteiger partial charge in [0, 0.05) is 48.6 Å². The van der Waals surface area contributed by atoms with Crippen LogP contribution in [0.15, 0.2) is 65.5 Å². The molecule has 2 bridgehead atoms. The molecule has 7 nitrogen and oxygen atoms in total. The Morgan fingerprint density at radius 3 is 2.56 bits per heavy atom. The van der Waals surface area contributed by atoms with Gasteiger partial charge in [-0.15, -0.1) is 13.2 Å². The van der Waals surface area contributed by atoms with Crippen molar-refractivity contribution in [1.82, 2.24) is 9.47 Å². The molecule has 0 unspecified atom stereocenters. The second-order valence-electron chi connectivity index (χ2n) is 8.98. The van der Waals surface area contributed by atoms with Gasteiger partial charge in [-0.3, -0.25) is 4.79 Å². The van der Waals surface area contributed by atoms with Crippen molar-refractivity contribution in [2.45, 2.75) is 25.2 Å². The van der Waals surface area contributed by atoms with Crippen LogP contribution in [0, 0.1) is 17.2 Å². The lowest BCUT2D eigenvalue weighted by Gasteiger charge is -2.43. The van der Waals surface area contributed by atoms with E-state index in [-0.39, 0.29) is 29.2 Å². The zero-order chi connectivity index (χ0) is 25.4. The van der Waals surface area contributed by atoms with Crippen LogP contribution in [0.5, 0.6) is 5.75 Å². The minimum atomic E-state index is -4.78. The van der Waals surface area contributed by atoms with Crippen molar-refractivity contribution in [2.75, 3.05) is 18.4 Å². The normalized spacial score (nSPS) is 18.7. The number of alkyl halides is 3. The number of hydrogen-bond acceptors (Lipinski definition) is 4. The topological polar surface area (TPSA) is 87.4 Å². The van der Waals surface area contributed by atoms with Crippen LogP contribution in [0.25, 0.3) is 11.1 Å². The number of piperidine rings is 1. The van der Waals surface area contributed by atoms with Gasteiger partial charge in [0.1, 0.15) is 5.75 Å². The largest absolute Gasteiger partial charge is 0.573 e. The molecule has 2 aromatic carbocycles. The van der Waals surface area contributed by atoms with E-state index in [0.717, 1.165) is 17.7 Å². The van der Waals surface area contributed by atoms with Gasteiger partial charge in [0.25, 0.3) is 5.56 Å². The van der Waals surface area contributed by atoms with E-state index in [1.165, 1.54) is 30.3 Å². The quantitative estimate of drug-likeness (QED) is 0.559. The molecule has 5 rings (SSSR count). The molecule has 2 amide bonds. The summed E-state index contributed by atoms with van der Waals surface area (Å²) in [6.45, 7) is 1.31. The van der Waals surface area contributed by atoms with Crippen LogP contribution in [0.4, 0.5) is 23.7 Å². The number of likely N-dealkylation sites (tertiary alicyclic amines) is 1. The number of ether oxygens (including phenoxy) is 1. The van der Waals surface area contributed by atoms with Crippen LogP contribution in [-0.4, -0.2) is 34.9 Å². The van der Waals surface area contributed by atoms with E-state index in [1.54, 1.807) is 39.8 Å². The van der Waals surface area contributed by atoms with E-state index < -0.39 is 6.36 Å². The van der Waals surface area contributed by atoms with Gasteiger partial charge in [-0.1, -0.05) is 18.2 Å². The highest BCUT2D eigenvalue weighted by atomic mass is 19.4. The summed E-state index contributed by atoms with van der Waals surface area (Å²) < 4.78 is 43.3. The molecule has 2 aliphatic heterocycles. The van der Waals surface area contributed by atoms with E-state index in [4.69, 9.17) is 5.26 Å². The molecule has 2 aliphatic rings. The minimum absolute atomic E-state index is 0.0861. The fourth-order valence-corrected chi connectivity index (χ4v) is 5.13. The standard InChI is InChI=1S/C26H21F3N4O3/c27-26(28,29)36-21-6-4-18(5-7-21)22-8-9-23(34)33-14-17-10-19(24(22)33)15-32(13-17)25(35)31-20-3-1-2-16(11-20)12-30/h1-9,11,17,19H,10,13-15H2,(H,31,35)/t17-,19+/m0/s1. The molecule has 1 saturated heterocycles. The molecule has 0 radical (unpaired) electrons. The lowest BCUT2D eigenvalue weighted by atomic mass is 9.80. The number of aromatic nitrogens is 1. The summed E-state index contributed by atoms with van der Waals surface area (Å²) >= 11 is 0. The highest BCUT2D eigenvalue weighted by Crippen LogP contribution is 2.40. The summed E-state index contributed by atoms with van der Waals surface area (Å²) in [6.07, 6.45) is -3.99. The zero-order valence-electron chi connectivity index (χ0n) is 19.0. The molecule has 1 aromatic heterocycles. The SMILES string of the molecule is N#Cc1cccc(NC(=O)N2C[C@@H]3C[C@H](C2)c2c(-c4ccc(OC(F)(F)F)cc4)ccc(=O)n2C3)c1. The molecule has 3 aromatic rings. The number of halogens is 3. The van der Waals surface area contributed by atoms with Crippen LogP contribution in [0.2, 0.25) is 0 Å². The zero-order valence-corrected chi connectivity index (χ0v) is 19.0. The summed E-state index contributed by atoms with van der Waals surface area (Å²) in [5, 5.41) is 11.9. The molecule has 1 fully saturated rings. The van der Waals surface area contributed by atoms with Crippen molar-refractivity contribution >= 4 is 11.7 Å². The maximum Gasteiger partial charge on any atom is 0.573 e. The van der Waals surface area contributed by atoms with Gasteiger partial charge in [-0.05, 0) is 54.3 Å². The van der Waals surface area contributed by atoms with Gasteiger partial charge in [0.05, 0.1) is 11.6 Å². The van der Waals surface area contributed by atoms with Crippen molar-refractivity contribution in [3.63, 3.8) is 0 Å². The number of nitrogens with zero attached hydrogens (tertiary/aromatic N) is 3. The molecule has 0 saturated carbocycles. The Balaban J connectivity index is 1.42.